The SMILES string of the molecule is Cc1ccc(OCC(=O)NCC(C)c2ccccc2)c(Br)c1. The van der Waals surface area contributed by atoms with E-state index in [1.807, 2.05) is 43.3 Å². The molecular weight excluding hydrogens is 342 g/mol. The number of benzene rings is 2. The molecule has 0 heterocycles. The number of ether oxygens (including phenoxy) is 1. The van der Waals surface area contributed by atoms with Gasteiger partial charge in [-0.25, -0.2) is 0 Å². The molecule has 0 fully saturated rings. The Bertz CT molecular complexity index is 628. The summed E-state index contributed by atoms with van der Waals surface area (Å²) in [5.74, 6) is 0.836. The highest BCUT2D eigenvalue weighted by atomic mass is 79.9. The van der Waals surface area contributed by atoms with Crippen LogP contribution in [0.5, 0.6) is 5.75 Å². The van der Waals surface area contributed by atoms with E-state index in [0.717, 1.165) is 10.0 Å². The van der Waals surface area contributed by atoms with Crippen molar-refractivity contribution in [3.8, 4) is 5.75 Å². The topological polar surface area (TPSA) is 38.3 Å². The van der Waals surface area contributed by atoms with Crippen LogP contribution in [0.2, 0.25) is 0 Å². The van der Waals surface area contributed by atoms with Gasteiger partial charge >= 0.3 is 0 Å². The Morgan fingerprint density at radius 1 is 1.23 bits per heavy atom. The molecule has 2 rings (SSSR count). The van der Waals surface area contributed by atoms with Crippen molar-refractivity contribution in [2.75, 3.05) is 13.2 Å². The van der Waals surface area contributed by atoms with Gasteiger partial charge in [-0.15, -0.1) is 0 Å². The number of hydrogen-bond acceptors (Lipinski definition) is 2. The van der Waals surface area contributed by atoms with Gasteiger partial charge in [0.05, 0.1) is 4.47 Å². The highest BCUT2D eigenvalue weighted by Crippen LogP contribution is 2.25. The fourth-order valence-corrected chi connectivity index (χ4v) is 2.69. The summed E-state index contributed by atoms with van der Waals surface area (Å²) in [7, 11) is 0. The van der Waals surface area contributed by atoms with Crippen LogP contribution in [0.25, 0.3) is 0 Å². The van der Waals surface area contributed by atoms with E-state index in [1.165, 1.54) is 5.56 Å². The van der Waals surface area contributed by atoms with Crippen LogP contribution in [0.3, 0.4) is 0 Å². The van der Waals surface area contributed by atoms with E-state index >= 15 is 0 Å². The highest BCUT2D eigenvalue weighted by Gasteiger charge is 2.09. The summed E-state index contributed by atoms with van der Waals surface area (Å²) >= 11 is 3.43. The zero-order valence-corrected chi connectivity index (χ0v) is 14.4. The molecule has 4 heteroatoms. The molecule has 116 valence electrons. The zero-order chi connectivity index (χ0) is 15.9. The molecule has 2 aromatic rings. The normalized spacial score (nSPS) is 11.8. The molecule has 0 saturated heterocycles. The van der Waals surface area contributed by atoms with Crippen molar-refractivity contribution < 1.29 is 9.53 Å². The first-order valence-electron chi connectivity index (χ1n) is 7.27. The minimum Gasteiger partial charge on any atom is -0.483 e. The Balaban J connectivity index is 1.78. The average Bonchev–Trinajstić information content (AvgIpc) is 2.52. The van der Waals surface area contributed by atoms with Crippen LogP contribution in [-0.4, -0.2) is 19.1 Å². The number of rotatable bonds is 6. The monoisotopic (exact) mass is 361 g/mol. The van der Waals surface area contributed by atoms with Crippen molar-refractivity contribution >= 4 is 21.8 Å². The molecule has 0 aliphatic carbocycles. The highest BCUT2D eigenvalue weighted by molar-refractivity contribution is 9.10. The minimum atomic E-state index is -0.116. The zero-order valence-electron chi connectivity index (χ0n) is 12.8. The first kappa shape index (κ1) is 16.6. The maximum atomic E-state index is 11.9. The predicted octanol–water partition coefficient (Wildman–Crippen LogP) is 4.06. The Morgan fingerprint density at radius 2 is 1.95 bits per heavy atom. The quantitative estimate of drug-likeness (QED) is 0.842. The Hall–Kier alpha value is -1.81. The molecule has 0 radical (unpaired) electrons. The van der Waals surface area contributed by atoms with E-state index in [-0.39, 0.29) is 18.4 Å². The second kappa shape index (κ2) is 7.99. The Morgan fingerprint density at radius 3 is 2.64 bits per heavy atom. The van der Waals surface area contributed by atoms with Gasteiger partial charge in [0.1, 0.15) is 5.75 Å². The van der Waals surface area contributed by atoms with E-state index in [2.05, 4.69) is 40.3 Å². The van der Waals surface area contributed by atoms with Gasteiger partial charge in [-0.2, -0.15) is 0 Å². The van der Waals surface area contributed by atoms with Crippen LogP contribution in [0.4, 0.5) is 0 Å². The van der Waals surface area contributed by atoms with Gasteiger partial charge in [-0.1, -0.05) is 43.3 Å². The third kappa shape index (κ3) is 4.88. The van der Waals surface area contributed by atoms with Crippen LogP contribution in [0.15, 0.2) is 53.0 Å². The second-order valence-electron chi connectivity index (χ2n) is 5.34. The summed E-state index contributed by atoms with van der Waals surface area (Å²) in [5, 5.41) is 2.90. The van der Waals surface area contributed by atoms with Crippen LogP contribution in [-0.2, 0) is 4.79 Å². The van der Waals surface area contributed by atoms with Crippen molar-refractivity contribution in [3.63, 3.8) is 0 Å². The smallest absolute Gasteiger partial charge is 0.257 e. The lowest BCUT2D eigenvalue weighted by molar-refractivity contribution is -0.123. The number of carbonyl (C=O) groups is 1. The summed E-state index contributed by atoms with van der Waals surface area (Å²) in [4.78, 5) is 11.9. The molecule has 0 aromatic heterocycles. The number of carbonyl (C=O) groups excluding carboxylic acids is 1. The molecule has 0 spiro atoms. The van der Waals surface area contributed by atoms with Gasteiger partial charge in [-0.05, 0) is 52.0 Å². The minimum absolute atomic E-state index is 0.0170. The average molecular weight is 362 g/mol. The summed E-state index contributed by atoms with van der Waals surface area (Å²) in [6, 6.07) is 15.9. The molecule has 3 nitrogen and oxygen atoms in total. The summed E-state index contributed by atoms with van der Waals surface area (Å²) in [5.41, 5.74) is 2.35. The van der Waals surface area contributed by atoms with Crippen molar-refractivity contribution in [2.45, 2.75) is 19.8 Å². The maximum absolute atomic E-state index is 11.9. The summed E-state index contributed by atoms with van der Waals surface area (Å²) in [6.45, 7) is 4.71. The van der Waals surface area contributed by atoms with E-state index in [1.54, 1.807) is 0 Å². The van der Waals surface area contributed by atoms with E-state index in [9.17, 15) is 4.79 Å². The van der Waals surface area contributed by atoms with Crippen molar-refractivity contribution in [1.82, 2.24) is 5.32 Å². The molecular formula is C18H20BrNO2. The van der Waals surface area contributed by atoms with E-state index < -0.39 is 0 Å². The van der Waals surface area contributed by atoms with E-state index in [4.69, 9.17) is 4.74 Å². The number of amides is 1. The summed E-state index contributed by atoms with van der Waals surface area (Å²) < 4.78 is 6.39. The van der Waals surface area contributed by atoms with Gasteiger partial charge in [0.2, 0.25) is 0 Å². The third-order valence-electron chi connectivity index (χ3n) is 3.42. The molecule has 0 saturated carbocycles. The van der Waals surface area contributed by atoms with Crippen molar-refractivity contribution in [3.05, 3.63) is 64.1 Å². The maximum Gasteiger partial charge on any atom is 0.257 e. The Labute approximate surface area is 139 Å². The van der Waals surface area contributed by atoms with Crippen LogP contribution < -0.4 is 10.1 Å². The molecule has 0 aliphatic rings. The molecule has 1 unspecified atom stereocenters. The predicted molar refractivity (Wildman–Crippen MR) is 92.2 cm³/mol. The van der Waals surface area contributed by atoms with Crippen molar-refractivity contribution in [1.29, 1.82) is 0 Å². The van der Waals surface area contributed by atoms with E-state index in [0.29, 0.717) is 12.3 Å². The second-order valence-corrected chi connectivity index (χ2v) is 6.19. The first-order valence-corrected chi connectivity index (χ1v) is 8.06. The molecule has 1 amide bonds. The standard InChI is InChI=1S/C18H20BrNO2/c1-13-8-9-17(16(19)10-13)22-12-18(21)20-11-14(2)15-6-4-3-5-7-15/h3-10,14H,11-12H2,1-2H3,(H,20,21). The first-order chi connectivity index (χ1) is 10.6. The lowest BCUT2D eigenvalue weighted by Crippen LogP contribution is -2.31. The van der Waals surface area contributed by atoms with Crippen molar-refractivity contribution in [2.24, 2.45) is 0 Å². The van der Waals surface area contributed by atoms with Gasteiger partial charge in [0, 0.05) is 6.54 Å². The molecule has 22 heavy (non-hydrogen) atoms. The number of halogens is 1. The van der Waals surface area contributed by atoms with Gasteiger partial charge in [-0.3, -0.25) is 4.79 Å². The molecule has 1 N–H and O–H groups in total. The Kier molecular flexibility index (Phi) is 6.01. The third-order valence-corrected chi connectivity index (χ3v) is 4.04. The van der Waals surface area contributed by atoms with Crippen LogP contribution >= 0.6 is 15.9 Å². The number of aryl methyl sites for hydroxylation is 1. The molecule has 2 aromatic carbocycles. The fraction of sp³-hybridized carbons (Fsp3) is 0.278. The van der Waals surface area contributed by atoms with Gasteiger partial charge in [0.25, 0.3) is 5.91 Å². The fourth-order valence-electron chi connectivity index (χ4n) is 2.08. The summed E-state index contributed by atoms with van der Waals surface area (Å²) in [6.07, 6.45) is 0. The van der Waals surface area contributed by atoms with Gasteiger partial charge in [0.15, 0.2) is 6.61 Å². The largest absolute Gasteiger partial charge is 0.483 e. The van der Waals surface area contributed by atoms with Gasteiger partial charge < -0.3 is 10.1 Å². The molecule has 1 atom stereocenters. The molecule has 0 bridgehead atoms. The lowest BCUT2D eigenvalue weighted by atomic mass is 10.0. The number of nitrogens with one attached hydrogen (secondary N) is 1. The molecule has 0 aliphatic heterocycles. The van der Waals surface area contributed by atoms with Crippen LogP contribution in [0.1, 0.15) is 24.0 Å². The van der Waals surface area contributed by atoms with Crippen LogP contribution in [0, 0.1) is 6.92 Å². The lowest BCUT2D eigenvalue weighted by Gasteiger charge is -2.14. The number of hydrogen-bond donors (Lipinski definition) is 1.